The third-order valence-electron chi connectivity index (χ3n) is 9.50. The van der Waals surface area contributed by atoms with Crippen molar-refractivity contribution in [2.24, 2.45) is 12.5 Å². The first-order chi connectivity index (χ1) is 21.6. The number of piperidine rings is 1. The van der Waals surface area contributed by atoms with Crippen LogP contribution in [0.5, 0.6) is 5.75 Å². The van der Waals surface area contributed by atoms with Crippen molar-refractivity contribution in [3.8, 4) is 17.3 Å². The number of nitrogens with one attached hydrogen (secondary N) is 3. The molecule has 45 heavy (non-hydrogen) atoms. The molecule has 10 nitrogen and oxygen atoms in total. The van der Waals surface area contributed by atoms with Gasteiger partial charge in [0.15, 0.2) is 5.82 Å². The van der Waals surface area contributed by atoms with Crippen LogP contribution in [0, 0.1) is 5.41 Å². The summed E-state index contributed by atoms with van der Waals surface area (Å²) < 4.78 is 24.4. The van der Waals surface area contributed by atoms with Crippen LogP contribution in [-0.4, -0.2) is 63.3 Å². The van der Waals surface area contributed by atoms with Gasteiger partial charge in [-0.05, 0) is 57.0 Å². The van der Waals surface area contributed by atoms with E-state index in [9.17, 15) is 14.0 Å². The molecular weight excluding hydrogens is 573 g/mol. The topological polar surface area (TPSA) is 115 Å². The number of hydrogen-bond donors (Lipinski definition) is 3. The van der Waals surface area contributed by atoms with E-state index in [0.29, 0.717) is 36.3 Å². The number of carbonyl (C=O) groups is 2. The van der Waals surface area contributed by atoms with Crippen molar-refractivity contribution >= 4 is 33.9 Å². The fourth-order valence-corrected chi connectivity index (χ4v) is 6.57. The Balaban J connectivity index is 1.40. The Kier molecular flexibility index (Phi) is 8.56. The molecule has 1 fully saturated rings. The number of hydrogen-bond acceptors (Lipinski definition) is 6. The number of imidazole rings is 1. The molecule has 5 heterocycles. The van der Waals surface area contributed by atoms with Gasteiger partial charge in [0.25, 0.3) is 5.91 Å². The van der Waals surface area contributed by atoms with Crippen molar-refractivity contribution in [2.45, 2.75) is 84.1 Å². The molecule has 3 aromatic heterocycles. The molecule has 11 heteroatoms. The number of pyridine rings is 1. The second-order valence-corrected chi connectivity index (χ2v) is 13.2. The number of fused-ring (bicyclic) bond motifs is 2. The number of nitrogens with zero attached hydrogens (tertiary/aromatic N) is 4. The molecule has 2 aliphatic heterocycles. The molecule has 3 atom stereocenters. The lowest BCUT2D eigenvalue weighted by molar-refractivity contribution is -0.130. The number of carbonyl (C=O) groups excluding carboxylic acids is 2. The van der Waals surface area contributed by atoms with E-state index in [-0.39, 0.29) is 17.9 Å². The van der Waals surface area contributed by atoms with E-state index in [0.717, 1.165) is 72.4 Å². The van der Waals surface area contributed by atoms with Gasteiger partial charge in [-0.25, -0.2) is 14.4 Å². The van der Waals surface area contributed by atoms with Gasteiger partial charge < -0.3 is 29.8 Å². The summed E-state index contributed by atoms with van der Waals surface area (Å²) in [6.07, 6.45) is 4.17. The summed E-state index contributed by atoms with van der Waals surface area (Å²) in [4.78, 5) is 36.5. The SMILES string of the molecule is COc1cc2c(cc1C(=O)N[C@H]1CNCC[C@@H]1F)nc(-c1cc3ccc4nc3n1CCCCCCC(C)(C)C(=O)N[C@@H]4C)n2C. The van der Waals surface area contributed by atoms with Crippen molar-refractivity contribution in [1.82, 2.24) is 35.1 Å². The molecule has 0 unspecified atom stereocenters. The predicted molar refractivity (Wildman–Crippen MR) is 173 cm³/mol. The first kappa shape index (κ1) is 31.0. The zero-order chi connectivity index (χ0) is 31.9. The van der Waals surface area contributed by atoms with Crippen LogP contribution in [0.2, 0.25) is 0 Å². The number of rotatable bonds is 4. The molecule has 1 aromatic carbocycles. The van der Waals surface area contributed by atoms with Gasteiger partial charge in [-0.3, -0.25) is 9.59 Å². The number of methoxy groups -OCH3 is 1. The molecule has 0 aliphatic carbocycles. The Morgan fingerprint density at radius 1 is 1.13 bits per heavy atom. The van der Waals surface area contributed by atoms with Crippen LogP contribution in [0.3, 0.4) is 0 Å². The van der Waals surface area contributed by atoms with Crippen molar-refractivity contribution in [2.75, 3.05) is 20.2 Å². The maximum Gasteiger partial charge on any atom is 0.255 e. The number of aromatic nitrogens is 4. The summed E-state index contributed by atoms with van der Waals surface area (Å²) in [6.45, 7) is 7.77. The minimum absolute atomic E-state index is 0.0492. The van der Waals surface area contributed by atoms with Crippen molar-refractivity contribution in [3.05, 3.63) is 41.6 Å². The van der Waals surface area contributed by atoms with Gasteiger partial charge in [0, 0.05) is 37.0 Å². The molecule has 0 spiro atoms. The van der Waals surface area contributed by atoms with Crippen LogP contribution < -0.4 is 20.7 Å². The van der Waals surface area contributed by atoms with Gasteiger partial charge >= 0.3 is 0 Å². The third kappa shape index (κ3) is 6.02. The average Bonchev–Trinajstić information content (AvgIpc) is 3.54. The molecule has 3 N–H and O–H groups in total. The van der Waals surface area contributed by atoms with E-state index in [1.807, 2.05) is 44.5 Å². The zero-order valence-corrected chi connectivity index (χ0v) is 26.9. The van der Waals surface area contributed by atoms with Crippen molar-refractivity contribution in [3.63, 3.8) is 0 Å². The lowest BCUT2D eigenvalue weighted by atomic mass is 9.85. The van der Waals surface area contributed by atoms with Gasteiger partial charge in [-0.2, -0.15) is 0 Å². The summed E-state index contributed by atoms with van der Waals surface area (Å²) in [5, 5.41) is 10.2. The van der Waals surface area contributed by atoms with E-state index in [4.69, 9.17) is 14.7 Å². The highest BCUT2D eigenvalue weighted by atomic mass is 19.1. The second-order valence-electron chi connectivity index (χ2n) is 13.2. The first-order valence-corrected chi connectivity index (χ1v) is 16.1. The predicted octanol–water partition coefficient (Wildman–Crippen LogP) is 5.20. The summed E-state index contributed by atoms with van der Waals surface area (Å²) in [6, 6.07) is 8.86. The highest BCUT2D eigenvalue weighted by Crippen LogP contribution is 2.34. The average molecular weight is 618 g/mol. The lowest BCUT2D eigenvalue weighted by Crippen LogP contribution is -2.52. The highest BCUT2D eigenvalue weighted by Gasteiger charge is 2.30. The summed E-state index contributed by atoms with van der Waals surface area (Å²) >= 11 is 0. The van der Waals surface area contributed by atoms with Crippen molar-refractivity contribution in [1.29, 1.82) is 0 Å². The number of aryl methyl sites for hydroxylation is 2. The zero-order valence-electron chi connectivity index (χ0n) is 26.9. The normalized spacial score (nSPS) is 22.7. The van der Waals surface area contributed by atoms with E-state index >= 15 is 0 Å². The molecule has 0 radical (unpaired) electrons. The molecule has 240 valence electrons. The Hall–Kier alpha value is -3.99. The summed E-state index contributed by atoms with van der Waals surface area (Å²) in [7, 11) is 3.48. The maximum absolute atomic E-state index is 14.5. The molecule has 0 saturated carbocycles. The van der Waals surface area contributed by atoms with Gasteiger partial charge in [0.1, 0.15) is 17.6 Å². The first-order valence-electron chi connectivity index (χ1n) is 16.1. The molecule has 1 saturated heterocycles. The number of ether oxygens (including phenoxy) is 1. The third-order valence-corrected chi connectivity index (χ3v) is 9.50. The fourth-order valence-electron chi connectivity index (χ4n) is 6.57. The molecular formula is C34H44FN7O3. The number of alkyl halides is 1. The minimum atomic E-state index is -1.10. The van der Waals surface area contributed by atoms with E-state index in [2.05, 4.69) is 32.7 Å². The maximum atomic E-state index is 14.5. The Bertz CT molecular complexity index is 1740. The fraction of sp³-hybridized carbons (Fsp3) is 0.529. The van der Waals surface area contributed by atoms with Crippen molar-refractivity contribution < 1.29 is 18.7 Å². The molecule has 4 aromatic rings. The molecule has 2 amide bonds. The van der Waals surface area contributed by atoms with Crippen LogP contribution in [0.15, 0.2) is 30.3 Å². The minimum Gasteiger partial charge on any atom is -0.496 e. The van der Waals surface area contributed by atoms with Gasteiger partial charge in [0.05, 0.1) is 47.2 Å². The van der Waals surface area contributed by atoms with Crippen LogP contribution in [0.25, 0.3) is 33.6 Å². The summed E-state index contributed by atoms with van der Waals surface area (Å²) in [5.74, 6) is 0.809. The van der Waals surface area contributed by atoms with Crippen LogP contribution in [-0.2, 0) is 18.4 Å². The number of halogens is 1. The summed E-state index contributed by atoms with van der Waals surface area (Å²) in [5.41, 5.74) is 3.94. The Labute approximate surface area is 263 Å². The van der Waals surface area contributed by atoms with E-state index in [1.54, 1.807) is 6.07 Å². The quantitative estimate of drug-likeness (QED) is 0.290. The van der Waals surface area contributed by atoms with Crippen LogP contribution in [0.1, 0.15) is 81.4 Å². The van der Waals surface area contributed by atoms with E-state index in [1.165, 1.54) is 7.11 Å². The van der Waals surface area contributed by atoms with Crippen LogP contribution in [0.4, 0.5) is 4.39 Å². The Morgan fingerprint density at radius 3 is 2.71 bits per heavy atom. The standard InChI is InChI=1S/C34H44FN7O3/c1-20-24-11-10-21-16-28(42(30(21)38-24)15-9-7-6-8-13-34(2,3)33(44)37-20)31-39-25-17-22(29(45-5)18-27(25)41(31)4)32(43)40-26-19-36-14-12-23(26)35/h10-11,16-18,20,23,26,36H,6-9,12-15,19H2,1-5H3,(H,37,44)(H,40,43)/t20-,23+,26+/m1/s1. The van der Waals surface area contributed by atoms with Crippen LogP contribution >= 0.6 is 0 Å². The largest absolute Gasteiger partial charge is 0.496 e. The molecule has 2 aliphatic rings. The second kappa shape index (κ2) is 12.4. The molecule has 6 rings (SSSR count). The number of benzene rings is 1. The smallest absolute Gasteiger partial charge is 0.255 e. The highest BCUT2D eigenvalue weighted by molar-refractivity contribution is 6.01. The van der Waals surface area contributed by atoms with Gasteiger partial charge in [-0.15, -0.1) is 0 Å². The number of amides is 2. The monoisotopic (exact) mass is 617 g/mol. The Morgan fingerprint density at radius 2 is 1.93 bits per heavy atom. The lowest BCUT2D eigenvalue weighted by Gasteiger charge is -2.27. The van der Waals surface area contributed by atoms with E-state index < -0.39 is 17.6 Å². The van der Waals surface area contributed by atoms with Gasteiger partial charge in [-0.1, -0.05) is 33.1 Å². The molecule has 2 bridgehead atoms. The van der Waals surface area contributed by atoms with Gasteiger partial charge in [0.2, 0.25) is 5.91 Å².